The first kappa shape index (κ1) is 17.5. The molecule has 2 aromatic carbocycles. The summed E-state index contributed by atoms with van der Waals surface area (Å²) in [5.41, 5.74) is 3.17. The Kier molecular flexibility index (Phi) is 4.79. The van der Waals surface area contributed by atoms with Crippen molar-refractivity contribution < 1.29 is 14.4 Å². The highest BCUT2D eigenvalue weighted by molar-refractivity contribution is 6.40. The highest BCUT2D eigenvalue weighted by Crippen LogP contribution is 2.34. The molecule has 27 heavy (non-hydrogen) atoms. The number of aryl methyl sites for hydroxylation is 2. The first-order valence-electron chi connectivity index (χ1n) is 9.54. The van der Waals surface area contributed by atoms with Crippen LogP contribution in [0, 0.1) is 0 Å². The van der Waals surface area contributed by atoms with Crippen molar-refractivity contribution in [2.24, 2.45) is 0 Å². The van der Waals surface area contributed by atoms with Crippen molar-refractivity contribution in [3.8, 4) is 0 Å². The monoisotopic (exact) mass is 365 g/mol. The molecule has 0 saturated carbocycles. The predicted octanol–water partition coefficient (Wildman–Crippen LogP) is 2.01. The van der Waals surface area contributed by atoms with E-state index in [1.54, 1.807) is 4.90 Å². The number of amides is 3. The lowest BCUT2D eigenvalue weighted by molar-refractivity contribution is -0.138. The number of benzene rings is 2. The average Bonchev–Trinajstić information content (AvgIpc) is 3.13. The Morgan fingerprint density at radius 3 is 2.41 bits per heavy atom. The lowest BCUT2D eigenvalue weighted by atomic mass is 10.0. The molecular formula is C21H23N3O3. The number of likely N-dealkylation sites (tertiary alicyclic amines) is 1. The Labute approximate surface area is 157 Å². The molecule has 2 aliphatic rings. The molecule has 140 valence electrons. The van der Waals surface area contributed by atoms with Crippen LogP contribution < -0.4 is 10.6 Å². The molecule has 0 radical (unpaired) electrons. The van der Waals surface area contributed by atoms with Crippen LogP contribution in [0.5, 0.6) is 0 Å². The zero-order valence-corrected chi connectivity index (χ0v) is 15.2. The first-order valence-corrected chi connectivity index (χ1v) is 9.54. The number of anilines is 1. The lowest BCUT2D eigenvalue weighted by Crippen LogP contribution is -2.45. The van der Waals surface area contributed by atoms with E-state index in [1.807, 2.05) is 24.3 Å². The third kappa shape index (κ3) is 3.52. The van der Waals surface area contributed by atoms with Gasteiger partial charge in [-0.15, -0.1) is 0 Å². The maximum atomic E-state index is 12.3. The Morgan fingerprint density at radius 1 is 0.889 bits per heavy atom. The second-order valence-corrected chi connectivity index (χ2v) is 7.19. The minimum Gasteiger partial charge on any atom is -0.341 e. The number of nitrogens with zero attached hydrogens (tertiary/aromatic N) is 1. The fourth-order valence-electron chi connectivity index (χ4n) is 4.03. The van der Waals surface area contributed by atoms with E-state index in [1.165, 1.54) is 16.5 Å². The summed E-state index contributed by atoms with van der Waals surface area (Å²) in [6.07, 6.45) is 5.12. The minimum atomic E-state index is -0.788. The molecule has 2 N–H and O–H groups in total. The summed E-state index contributed by atoms with van der Waals surface area (Å²) in [6.45, 7) is 1.30. The summed E-state index contributed by atoms with van der Waals surface area (Å²) in [5.74, 6) is -1.68. The normalized spacial score (nSPS) is 15.6. The summed E-state index contributed by atoms with van der Waals surface area (Å²) in [7, 11) is 0. The van der Waals surface area contributed by atoms with Crippen LogP contribution in [0.3, 0.4) is 0 Å². The van der Waals surface area contributed by atoms with Crippen LogP contribution in [-0.4, -0.2) is 42.3 Å². The van der Waals surface area contributed by atoms with Gasteiger partial charge in [0.2, 0.25) is 5.91 Å². The maximum absolute atomic E-state index is 12.3. The second-order valence-electron chi connectivity index (χ2n) is 7.19. The van der Waals surface area contributed by atoms with Gasteiger partial charge in [0.15, 0.2) is 0 Å². The zero-order chi connectivity index (χ0) is 18.8. The smallest absolute Gasteiger partial charge is 0.313 e. The molecule has 3 amide bonds. The van der Waals surface area contributed by atoms with E-state index >= 15 is 0 Å². The minimum absolute atomic E-state index is 0.138. The van der Waals surface area contributed by atoms with Crippen molar-refractivity contribution in [3.63, 3.8) is 0 Å². The van der Waals surface area contributed by atoms with Gasteiger partial charge in [0.1, 0.15) is 0 Å². The quantitative estimate of drug-likeness (QED) is 0.817. The number of hydrogen-bond donors (Lipinski definition) is 2. The summed E-state index contributed by atoms with van der Waals surface area (Å²) < 4.78 is 0. The number of hydrogen-bond acceptors (Lipinski definition) is 3. The Morgan fingerprint density at radius 2 is 1.63 bits per heavy atom. The summed E-state index contributed by atoms with van der Waals surface area (Å²) in [5, 5.41) is 7.26. The van der Waals surface area contributed by atoms with Gasteiger partial charge in [-0.2, -0.15) is 0 Å². The number of nitrogens with one attached hydrogen (secondary N) is 2. The van der Waals surface area contributed by atoms with E-state index in [-0.39, 0.29) is 12.5 Å². The van der Waals surface area contributed by atoms with Gasteiger partial charge in [-0.1, -0.05) is 24.3 Å². The molecule has 0 spiro atoms. The SMILES string of the molecule is O=C(NCC(=O)N1CCCCC1)C(=O)Nc1ccc2c3c(cccc13)CC2. The van der Waals surface area contributed by atoms with Gasteiger partial charge in [-0.3, -0.25) is 14.4 Å². The Bertz CT molecular complexity index is 906. The first-order chi connectivity index (χ1) is 13.1. The molecule has 0 bridgehead atoms. The van der Waals surface area contributed by atoms with E-state index in [9.17, 15) is 14.4 Å². The Balaban J connectivity index is 1.40. The highest BCUT2D eigenvalue weighted by Gasteiger charge is 2.21. The van der Waals surface area contributed by atoms with Crippen LogP contribution in [0.4, 0.5) is 5.69 Å². The lowest BCUT2D eigenvalue weighted by Gasteiger charge is -2.26. The predicted molar refractivity (Wildman–Crippen MR) is 103 cm³/mol. The number of rotatable bonds is 3. The summed E-state index contributed by atoms with van der Waals surface area (Å²) in [4.78, 5) is 38.3. The van der Waals surface area contributed by atoms with E-state index < -0.39 is 11.8 Å². The van der Waals surface area contributed by atoms with E-state index in [2.05, 4.69) is 16.7 Å². The maximum Gasteiger partial charge on any atom is 0.313 e. The van der Waals surface area contributed by atoms with Crippen molar-refractivity contribution in [1.29, 1.82) is 0 Å². The van der Waals surface area contributed by atoms with Crippen molar-refractivity contribution in [1.82, 2.24) is 10.2 Å². The molecule has 6 nitrogen and oxygen atoms in total. The van der Waals surface area contributed by atoms with Gasteiger partial charge in [0.25, 0.3) is 0 Å². The molecule has 0 atom stereocenters. The fraction of sp³-hybridized carbons (Fsp3) is 0.381. The van der Waals surface area contributed by atoms with E-state index in [0.717, 1.165) is 50.6 Å². The summed E-state index contributed by atoms with van der Waals surface area (Å²) >= 11 is 0. The van der Waals surface area contributed by atoms with Gasteiger partial charge >= 0.3 is 11.8 Å². The van der Waals surface area contributed by atoms with Crippen molar-refractivity contribution in [3.05, 3.63) is 41.5 Å². The van der Waals surface area contributed by atoms with Crippen LogP contribution in [0.2, 0.25) is 0 Å². The number of carbonyl (C=O) groups excluding carboxylic acids is 3. The second kappa shape index (κ2) is 7.39. The Hall–Kier alpha value is -2.89. The molecule has 1 aliphatic carbocycles. The zero-order valence-electron chi connectivity index (χ0n) is 15.2. The van der Waals surface area contributed by atoms with Gasteiger partial charge in [0.05, 0.1) is 6.54 Å². The molecule has 4 rings (SSSR count). The van der Waals surface area contributed by atoms with E-state index in [0.29, 0.717) is 5.69 Å². The molecular weight excluding hydrogens is 342 g/mol. The van der Waals surface area contributed by atoms with Gasteiger partial charge < -0.3 is 15.5 Å². The van der Waals surface area contributed by atoms with Crippen molar-refractivity contribution >= 4 is 34.2 Å². The molecule has 1 aliphatic heterocycles. The summed E-state index contributed by atoms with van der Waals surface area (Å²) in [6, 6.07) is 9.88. The van der Waals surface area contributed by atoms with E-state index in [4.69, 9.17) is 0 Å². The van der Waals surface area contributed by atoms with Gasteiger partial charge in [0, 0.05) is 24.2 Å². The molecule has 0 aromatic heterocycles. The van der Waals surface area contributed by atoms with Crippen LogP contribution in [-0.2, 0) is 27.2 Å². The molecule has 6 heteroatoms. The largest absolute Gasteiger partial charge is 0.341 e. The van der Waals surface area contributed by atoms with Crippen LogP contribution in [0.1, 0.15) is 30.4 Å². The van der Waals surface area contributed by atoms with Crippen LogP contribution in [0.15, 0.2) is 30.3 Å². The van der Waals surface area contributed by atoms with Gasteiger partial charge in [-0.25, -0.2) is 0 Å². The van der Waals surface area contributed by atoms with Crippen LogP contribution >= 0.6 is 0 Å². The highest BCUT2D eigenvalue weighted by atomic mass is 16.2. The van der Waals surface area contributed by atoms with Gasteiger partial charge in [-0.05, 0) is 54.7 Å². The third-order valence-electron chi connectivity index (χ3n) is 5.44. The van der Waals surface area contributed by atoms with Crippen molar-refractivity contribution in [2.45, 2.75) is 32.1 Å². The topological polar surface area (TPSA) is 78.5 Å². The van der Waals surface area contributed by atoms with Crippen LogP contribution in [0.25, 0.3) is 10.8 Å². The number of carbonyl (C=O) groups is 3. The van der Waals surface area contributed by atoms with Crippen molar-refractivity contribution in [2.75, 3.05) is 25.0 Å². The standard InChI is InChI=1S/C21H23N3O3/c25-18(24-11-2-1-3-12-24)13-22-20(26)21(27)23-17-10-9-15-8-7-14-5-4-6-16(17)19(14)15/h4-6,9-10H,1-3,7-8,11-13H2,(H,22,26)(H,23,27). The fourth-order valence-corrected chi connectivity index (χ4v) is 4.03. The number of piperidine rings is 1. The average molecular weight is 365 g/mol. The third-order valence-corrected chi connectivity index (χ3v) is 5.44. The molecule has 1 saturated heterocycles. The molecule has 1 fully saturated rings. The molecule has 0 unspecified atom stereocenters. The molecule has 2 aromatic rings. The molecule has 1 heterocycles.